The van der Waals surface area contributed by atoms with Gasteiger partial charge in [-0.15, -0.1) is 11.3 Å². The number of hydrogen-bond acceptors (Lipinski definition) is 6. The Kier molecular flexibility index (Phi) is 3.40. The largest absolute Gasteiger partial charge is 0.281 e. The number of benzene rings is 2. The molecule has 2 aromatic carbocycles. The van der Waals surface area contributed by atoms with Crippen LogP contribution in [0.5, 0.6) is 0 Å². The van der Waals surface area contributed by atoms with Gasteiger partial charge in [0.1, 0.15) is 0 Å². The topological polar surface area (TPSA) is 55.7 Å². The summed E-state index contributed by atoms with van der Waals surface area (Å²) in [5.41, 5.74) is 5.68. The summed E-state index contributed by atoms with van der Waals surface area (Å²) in [7, 11) is 0. The van der Waals surface area contributed by atoms with Crippen LogP contribution in [0.2, 0.25) is 0 Å². The number of aromatic nitrogens is 3. The lowest BCUT2D eigenvalue weighted by atomic mass is 10.00. The number of hydrogen-bond donors (Lipinski definition) is 0. The number of nitrogens with zero attached hydrogens (tertiary/aromatic N) is 3. The first-order valence-electron chi connectivity index (χ1n) is 9.14. The van der Waals surface area contributed by atoms with Crippen LogP contribution >= 0.6 is 23.1 Å². The predicted octanol–water partition coefficient (Wildman–Crippen LogP) is 5.54. The molecule has 6 rings (SSSR count). The van der Waals surface area contributed by atoms with Crippen LogP contribution in [0.3, 0.4) is 0 Å². The average Bonchev–Trinajstić information content (AvgIpc) is 3.40. The van der Waals surface area contributed by atoms with Crippen molar-refractivity contribution in [3.8, 4) is 0 Å². The highest BCUT2D eigenvalue weighted by atomic mass is 32.2. The average molecular weight is 390 g/mol. The van der Waals surface area contributed by atoms with Crippen LogP contribution in [0.1, 0.15) is 52.8 Å². The molecule has 0 aliphatic heterocycles. The van der Waals surface area contributed by atoms with E-state index in [1.807, 2.05) is 42.5 Å². The van der Waals surface area contributed by atoms with E-state index < -0.39 is 0 Å². The first-order valence-corrected chi connectivity index (χ1v) is 10.8. The molecule has 4 nitrogen and oxygen atoms in total. The second-order valence-corrected chi connectivity index (χ2v) is 9.49. The fraction of sp³-hybridized carbons (Fsp3) is 0.238. The summed E-state index contributed by atoms with van der Waals surface area (Å²) in [5.74, 6) is 1.16. The molecule has 2 aliphatic rings. The number of carbonyl (C=O) groups excluding carboxylic acids is 1. The Balaban J connectivity index is 1.34. The highest BCUT2D eigenvalue weighted by Crippen LogP contribution is 2.51. The molecule has 1 fully saturated rings. The van der Waals surface area contributed by atoms with Gasteiger partial charge in [-0.25, -0.2) is 15.0 Å². The minimum absolute atomic E-state index is 0.000208. The zero-order chi connectivity index (χ0) is 18.0. The number of rotatable bonds is 2. The molecule has 1 saturated carbocycles. The molecule has 0 radical (unpaired) electrons. The summed E-state index contributed by atoms with van der Waals surface area (Å²) in [4.78, 5) is 27.1. The molecule has 2 aliphatic carbocycles. The molecular formula is C21H15N3OS2. The zero-order valence-electron chi connectivity index (χ0n) is 14.4. The number of fused-ring (bicyclic) bond motifs is 7. The van der Waals surface area contributed by atoms with Crippen molar-refractivity contribution < 1.29 is 4.79 Å². The van der Waals surface area contributed by atoms with Crippen LogP contribution in [0, 0.1) is 0 Å². The summed E-state index contributed by atoms with van der Waals surface area (Å²) >= 11 is 2.74. The number of thioether (sulfide) groups is 1. The third kappa shape index (κ3) is 2.51. The predicted molar refractivity (Wildman–Crippen MR) is 109 cm³/mol. The van der Waals surface area contributed by atoms with Gasteiger partial charge in [-0.2, -0.15) is 0 Å². The maximum absolute atomic E-state index is 12.8. The monoisotopic (exact) mass is 389 g/mol. The minimum Gasteiger partial charge on any atom is -0.281 e. The van der Waals surface area contributed by atoms with Crippen LogP contribution in [-0.2, 0) is 0 Å². The molecule has 0 N–H and O–H groups in total. The van der Waals surface area contributed by atoms with Gasteiger partial charge >= 0.3 is 0 Å². The zero-order valence-corrected chi connectivity index (χ0v) is 16.0. The summed E-state index contributed by atoms with van der Waals surface area (Å²) in [6.07, 6.45) is 3.67. The summed E-state index contributed by atoms with van der Waals surface area (Å²) in [6, 6.07) is 13.6. The van der Waals surface area contributed by atoms with Crippen molar-refractivity contribution in [2.75, 3.05) is 0 Å². The lowest BCUT2D eigenvalue weighted by molar-refractivity contribution is 0.108. The molecular weight excluding hydrogens is 374 g/mol. The van der Waals surface area contributed by atoms with Crippen LogP contribution in [0.15, 0.2) is 46.8 Å². The van der Waals surface area contributed by atoms with Gasteiger partial charge in [0.25, 0.3) is 0 Å². The van der Waals surface area contributed by atoms with Gasteiger partial charge in [0.15, 0.2) is 4.34 Å². The van der Waals surface area contributed by atoms with Gasteiger partial charge in [-0.1, -0.05) is 12.1 Å². The van der Waals surface area contributed by atoms with Crippen LogP contribution < -0.4 is 0 Å². The lowest BCUT2D eigenvalue weighted by Gasteiger charge is -2.14. The maximum atomic E-state index is 12.8. The van der Waals surface area contributed by atoms with Crippen molar-refractivity contribution in [3.05, 3.63) is 59.4 Å². The molecule has 2 atom stereocenters. The second-order valence-electron chi connectivity index (χ2n) is 7.24. The molecule has 2 bridgehead atoms. The lowest BCUT2D eigenvalue weighted by Crippen LogP contribution is -2.05. The number of carbonyl (C=O) groups is 1. The summed E-state index contributed by atoms with van der Waals surface area (Å²) in [6.45, 7) is 0. The van der Waals surface area contributed by atoms with E-state index in [0.29, 0.717) is 17.4 Å². The fourth-order valence-corrected chi connectivity index (χ4v) is 6.23. The van der Waals surface area contributed by atoms with Gasteiger partial charge in [-0.05, 0) is 61.4 Å². The quantitative estimate of drug-likeness (QED) is 0.422. The minimum atomic E-state index is -0.000208. The first-order chi connectivity index (χ1) is 13.2. The van der Waals surface area contributed by atoms with Crippen LogP contribution in [-0.4, -0.2) is 20.1 Å². The molecule has 132 valence electrons. The normalized spacial score (nSPS) is 20.4. The third-order valence-corrected chi connectivity index (χ3v) is 7.63. The van der Waals surface area contributed by atoms with E-state index in [4.69, 9.17) is 9.97 Å². The van der Waals surface area contributed by atoms with E-state index in [1.165, 1.54) is 42.4 Å². The van der Waals surface area contributed by atoms with E-state index in [9.17, 15) is 4.79 Å². The van der Waals surface area contributed by atoms with Crippen molar-refractivity contribution in [1.29, 1.82) is 0 Å². The molecule has 4 aromatic rings. The van der Waals surface area contributed by atoms with Crippen molar-refractivity contribution in [3.63, 3.8) is 0 Å². The molecule has 2 aromatic heterocycles. The Hall–Kier alpha value is -2.31. The Morgan fingerprint density at radius 1 is 0.926 bits per heavy atom. The van der Waals surface area contributed by atoms with E-state index in [0.717, 1.165) is 25.6 Å². The highest BCUT2D eigenvalue weighted by molar-refractivity contribution is 8.15. The maximum Gasteiger partial charge on any atom is 0.226 e. The van der Waals surface area contributed by atoms with Crippen molar-refractivity contribution in [1.82, 2.24) is 15.0 Å². The Morgan fingerprint density at radius 3 is 2.52 bits per heavy atom. The van der Waals surface area contributed by atoms with Gasteiger partial charge < -0.3 is 0 Å². The third-order valence-electron chi connectivity index (χ3n) is 5.62. The standard InChI is InChI=1S/C21H15N3OS2/c25-20(27-21-24-15-3-1-2-4-17(15)26-21)13-7-8-14-16(10-13)23-19-12-6-5-11(9-12)18(19)22-14/h1-4,7-8,10-12H,5-6,9H2. The number of thiazole rings is 1. The summed E-state index contributed by atoms with van der Waals surface area (Å²) < 4.78 is 1.88. The fourth-order valence-electron chi connectivity index (χ4n) is 4.32. The molecule has 6 heteroatoms. The van der Waals surface area contributed by atoms with E-state index in [2.05, 4.69) is 4.98 Å². The van der Waals surface area contributed by atoms with Crippen LogP contribution in [0.4, 0.5) is 0 Å². The Morgan fingerprint density at radius 2 is 1.70 bits per heavy atom. The van der Waals surface area contributed by atoms with Crippen molar-refractivity contribution >= 4 is 49.5 Å². The molecule has 27 heavy (non-hydrogen) atoms. The number of para-hydroxylation sites is 1. The van der Waals surface area contributed by atoms with Gasteiger partial charge in [0, 0.05) is 17.4 Å². The first kappa shape index (κ1) is 15.7. The van der Waals surface area contributed by atoms with Gasteiger partial charge in [0.2, 0.25) is 5.12 Å². The molecule has 0 spiro atoms. The van der Waals surface area contributed by atoms with Gasteiger partial charge in [0.05, 0.1) is 32.6 Å². The van der Waals surface area contributed by atoms with E-state index >= 15 is 0 Å². The molecule has 2 heterocycles. The van der Waals surface area contributed by atoms with Crippen molar-refractivity contribution in [2.24, 2.45) is 0 Å². The molecule has 0 amide bonds. The molecule has 0 saturated heterocycles. The molecule has 2 unspecified atom stereocenters. The van der Waals surface area contributed by atoms with Crippen LogP contribution in [0.25, 0.3) is 21.3 Å². The van der Waals surface area contributed by atoms with Gasteiger partial charge in [-0.3, -0.25) is 4.79 Å². The Bertz CT molecular complexity index is 1200. The highest BCUT2D eigenvalue weighted by Gasteiger charge is 2.39. The second kappa shape index (κ2) is 5.84. The van der Waals surface area contributed by atoms with Crippen molar-refractivity contribution in [2.45, 2.75) is 35.4 Å². The summed E-state index contributed by atoms with van der Waals surface area (Å²) in [5, 5.41) is -0.000208. The SMILES string of the molecule is O=C(Sc1nc2ccccc2s1)c1ccc2nc3c(nc2c1)C1CCC3C1. The van der Waals surface area contributed by atoms with E-state index in [1.54, 1.807) is 11.3 Å². The Labute approximate surface area is 164 Å². The smallest absolute Gasteiger partial charge is 0.226 e. The van der Waals surface area contributed by atoms with E-state index in [-0.39, 0.29) is 5.12 Å².